The molecular weight excluding hydrogens is 234 g/mol. The first-order valence-corrected chi connectivity index (χ1v) is 8.54. The minimum atomic E-state index is -1.42. The van der Waals surface area contributed by atoms with Crippen LogP contribution in [0.4, 0.5) is 0 Å². The van der Waals surface area contributed by atoms with Gasteiger partial charge in [0.05, 0.1) is 0 Å². The molecule has 5 heteroatoms. The van der Waals surface area contributed by atoms with Crippen LogP contribution in [-0.4, -0.2) is 46.4 Å². The zero-order chi connectivity index (χ0) is 12.5. The summed E-state index contributed by atoms with van der Waals surface area (Å²) < 4.78 is 11.2. The van der Waals surface area contributed by atoms with Gasteiger partial charge in [0.1, 0.15) is 0 Å². The first-order valence-electron chi connectivity index (χ1n) is 6.78. The molecular formula is C12H25NO3Si. The monoisotopic (exact) mass is 259 g/mol. The van der Waals surface area contributed by atoms with Crippen LogP contribution in [0.5, 0.6) is 0 Å². The van der Waals surface area contributed by atoms with Gasteiger partial charge in [-0.05, 0) is 39.2 Å². The highest BCUT2D eigenvalue weighted by Crippen LogP contribution is 2.12. The number of likely N-dealkylation sites (tertiary alicyclic amines) is 1. The molecule has 0 aromatic heterocycles. The highest BCUT2D eigenvalue weighted by Gasteiger charge is 2.19. The normalized spacial score (nSPS) is 16.2. The van der Waals surface area contributed by atoms with E-state index in [1.54, 1.807) is 0 Å². The van der Waals surface area contributed by atoms with Crippen molar-refractivity contribution in [2.24, 2.45) is 0 Å². The zero-order valence-electron chi connectivity index (χ0n) is 11.1. The van der Waals surface area contributed by atoms with E-state index in [-0.39, 0.29) is 0 Å². The number of rotatable bonds is 9. The second kappa shape index (κ2) is 8.66. The molecule has 17 heavy (non-hydrogen) atoms. The Labute approximate surface area is 106 Å². The second-order valence-corrected chi connectivity index (χ2v) is 6.42. The van der Waals surface area contributed by atoms with Crippen LogP contribution in [-0.2, 0) is 13.6 Å². The largest absolute Gasteiger partial charge is 0.397 e. The summed E-state index contributed by atoms with van der Waals surface area (Å²) in [5.74, 6) is 0.327. The summed E-state index contributed by atoms with van der Waals surface area (Å²) in [6.07, 6.45) is 3.97. The average molecular weight is 259 g/mol. The average Bonchev–Trinajstić information content (AvgIpc) is 2.71. The molecule has 0 aromatic rings. The van der Waals surface area contributed by atoms with Crippen LogP contribution in [0.1, 0.15) is 39.5 Å². The van der Waals surface area contributed by atoms with E-state index < -0.39 is 9.28 Å². The first-order chi connectivity index (χ1) is 8.27. The number of unbranched alkanes of at least 4 members (excludes halogenated alkanes) is 1. The van der Waals surface area contributed by atoms with E-state index in [0.29, 0.717) is 5.91 Å². The molecule has 1 amide bonds. The lowest BCUT2D eigenvalue weighted by Crippen LogP contribution is -2.26. The summed E-state index contributed by atoms with van der Waals surface area (Å²) >= 11 is 0. The summed E-state index contributed by atoms with van der Waals surface area (Å²) in [6.45, 7) is 7.40. The second-order valence-electron chi connectivity index (χ2n) is 4.32. The van der Waals surface area contributed by atoms with Gasteiger partial charge in [-0.3, -0.25) is 4.79 Å². The number of carbonyl (C=O) groups excluding carboxylic acids is 1. The minimum Gasteiger partial charge on any atom is -0.397 e. The summed E-state index contributed by atoms with van der Waals surface area (Å²) in [4.78, 5) is 13.4. The van der Waals surface area contributed by atoms with E-state index in [1.807, 2.05) is 18.7 Å². The number of hydrogen-bond donors (Lipinski definition) is 0. The smallest absolute Gasteiger partial charge is 0.321 e. The Balaban J connectivity index is 2.07. The van der Waals surface area contributed by atoms with Crippen molar-refractivity contribution < 1.29 is 13.6 Å². The van der Waals surface area contributed by atoms with Crippen molar-refractivity contribution >= 4 is 15.2 Å². The lowest BCUT2D eigenvalue weighted by molar-refractivity contribution is -0.127. The van der Waals surface area contributed by atoms with Crippen molar-refractivity contribution in [2.45, 2.75) is 45.6 Å². The van der Waals surface area contributed by atoms with Gasteiger partial charge in [-0.25, -0.2) is 0 Å². The van der Waals surface area contributed by atoms with Gasteiger partial charge in [0.25, 0.3) is 0 Å². The molecule has 0 aromatic carbocycles. The van der Waals surface area contributed by atoms with Gasteiger partial charge in [0.15, 0.2) is 0 Å². The van der Waals surface area contributed by atoms with Crippen molar-refractivity contribution in [1.82, 2.24) is 4.90 Å². The summed E-state index contributed by atoms with van der Waals surface area (Å²) in [5.41, 5.74) is 0. The molecule has 0 aliphatic carbocycles. The molecule has 0 bridgehead atoms. The number of nitrogens with zero attached hydrogens (tertiary/aromatic N) is 1. The van der Waals surface area contributed by atoms with Gasteiger partial charge < -0.3 is 13.8 Å². The molecule has 0 radical (unpaired) electrons. The Morgan fingerprint density at radius 3 is 2.47 bits per heavy atom. The fourth-order valence-corrected chi connectivity index (χ4v) is 3.94. The van der Waals surface area contributed by atoms with Crippen molar-refractivity contribution in [3.8, 4) is 0 Å². The Bertz CT molecular complexity index is 220. The standard InChI is InChI=1S/C12H25NO3Si/c1-3-15-17(16-4-2)11-6-5-9-13-10-7-8-12(13)14/h17H,3-11H2,1-2H3. The molecule has 0 N–H and O–H groups in total. The summed E-state index contributed by atoms with van der Waals surface area (Å²) in [5, 5.41) is 0. The Morgan fingerprint density at radius 1 is 1.24 bits per heavy atom. The number of amides is 1. The molecule has 0 unspecified atom stereocenters. The predicted octanol–water partition coefficient (Wildman–Crippen LogP) is 1.68. The van der Waals surface area contributed by atoms with Crippen molar-refractivity contribution in [3.63, 3.8) is 0 Å². The quantitative estimate of drug-likeness (QED) is 0.467. The third-order valence-electron chi connectivity index (χ3n) is 2.99. The minimum absolute atomic E-state index is 0.327. The molecule has 1 aliphatic rings. The molecule has 1 rings (SSSR count). The Hall–Kier alpha value is -0.393. The molecule has 0 atom stereocenters. The molecule has 1 saturated heterocycles. The zero-order valence-corrected chi connectivity index (χ0v) is 12.3. The van der Waals surface area contributed by atoms with Crippen LogP contribution in [0.2, 0.25) is 6.04 Å². The van der Waals surface area contributed by atoms with E-state index >= 15 is 0 Å². The van der Waals surface area contributed by atoms with Gasteiger partial charge in [0.2, 0.25) is 5.91 Å². The first kappa shape index (κ1) is 14.7. The highest BCUT2D eigenvalue weighted by atomic mass is 28.3. The summed E-state index contributed by atoms with van der Waals surface area (Å²) in [7, 11) is -1.42. The third kappa shape index (κ3) is 5.65. The molecule has 100 valence electrons. The Morgan fingerprint density at radius 2 is 1.94 bits per heavy atom. The van der Waals surface area contributed by atoms with Gasteiger partial charge in [0, 0.05) is 32.7 Å². The Kier molecular flexibility index (Phi) is 7.47. The molecule has 1 heterocycles. The van der Waals surface area contributed by atoms with Crippen LogP contribution in [0.3, 0.4) is 0 Å². The molecule has 0 saturated carbocycles. The van der Waals surface area contributed by atoms with Crippen molar-refractivity contribution in [1.29, 1.82) is 0 Å². The third-order valence-corrected chi connectivity index (χ3v) is 5.28. The maximum absolute atomic E-state index is 11.4. The van der Waals surface area contributed by atoms with Gasteiger partial charge >= 0.3 is 9.28 Å². The number of hydrogen-bond acceptors (Lipinski definition) is 3. The van der Waals surface area contributed by atoms with E-state index in [1.165, 1.54) is 0 Å². The maximum atomic E-state index is 11.4. The van der Waals surface area contributed by atoms with Gasteiger partial charge in [-0.2, -0.15) is 0 Å². The van der Waals surface area contributed by atoms with Crippen LogP contribution >= 0.6 is 0 Å². The topological polar surface area (TPSA) is 38.8 Å². The van der Waals surface area contributed by atoms with E-state index in [0.717, 1.165) is 58.0 Å². The van der Waals surface area contributed by atoms with Crippen LogP contribution in [0.15, 0.2) is 0 Å². The van der Waals surface area contributed by atoms with Gasteiger partial charge in [-0.1, -0.05) is 0 Å². The molecule has 1 aliphatic heterocycles. The van der Waals surface area contributed by atoms with Crippen LogP contribution in [0.25, 0.3) is 0 Å². The SMILES string of the molecule is CCO[SiH](CCCCN1CCCC1=O)OCC. The molecule has 4 nitrogen and oxygen atoms in total. The number of carbonyl (C=O) groups is 1. The van der Waals surface area contributed by atoms with E-state index in [2.05, 4.69) is 0 Å². The van der Waals surface area contributed by atoms with E-state index in [4.69, 9.17) is 8.85 Å². The molecule has 1 fully saturated rings. The van der Waals surface area contributed by atoms with Crippen molar-refractivity contribution in [2.75, 3.05) is 26.3 Å². The lowest BCUT2D eigenvalue weighted by atomic mass is 10.3. The molecule has 0 spiro atoms. The van der Waals surface area contributed by atoms with Crippen molar-refractivity contribution in [3.05, 3.63) is 0 Å². The summed E-state index contributed by atoms with van der Waals surface area (Å²) in [6, 6.07) is 1.06. The predicted molar refractivity (Wildman–Crippen MR) is 70.3 cm³/mol. The van der Waals surface area contributed by atoms with Crippen LogP contribution in [0, 0.1) is 0 Å². The van der Waals surface area contributed by atoms with E-state index in [9.17, 15) is 4.79 Å². The fourth-order valence-electron chi connectivity index (χ4n) is 2.14. The lowest BCUT2D eigenvalue weighted by Gasteiger charge is -2.17. The highest BCUT2D eigenvalue weighted by molar-refractivity contribution is 6.44. The van der Waals surface area contributed by atoms with Gasteiger partial charge in [-0.15, -0.1) is 0 Å². The fraction of sp³-hybridized carbons (Fsp3) is 0.917. The van der Waals surface area contributed by atoms with Crippen LogP contribution < -0.4 is 0 Å². The maximum Gasteiger partial charge on any atom is 0.321 e.